The Morgan fingerprint density at radius 3 is 3.00 bits per heavy atom. The molecular formula is C11H11N3S. The fourth-order valence-electron chi connectivity index (χ4n) is 1.63. The first-order valence-corrected chi connectivity index (χ1v) is 5.71. The van der Waals surface area contributed by atoms with Crippen LogP contribution in [-0.4, -0.2) is 11.5 Å². The first-order chi connectivity index (χ1) is 7.33. The number of nitrogens with zero attached hydrogens (tertiary/aromatic N) is 2. The largest absolute Gasteiger partial charge is 0.301 e. The van der Waals surface area contributed by atoms with E-state index in [1.165, 1.54) is 10.4 Å². The lowest BCUT2D eigenvalue weighted by molar-refractivity contribution is 0.802. The molecule has 0 saturated carbocycles. The summed E-state index contributed by atoms with van der Waals surface area (Å²) in [6.45, 7) is 2.96. The number of benzene rings is 1. The SMILES string of the molecule is CC1=CCN(c2nc3ccccc3s2)N1. The van der Waals surface area contributed by atoms with Gasteiger partial charge in [0, 0.05) is 5.70 Å². The van der Waals surface area contributed by atoms with E-state index in [2.05, 4.69) is 34.5 Å². The summed E-state index contributed by atoms with van der Waals surface area (Å²) in [5.41, 5.74) is 5.54. The molecule has 0 atom stereocenters. The average molecular weight is 217 g/mol. The molecule has 1 aliphatic rings. The third-order valence-electron chi connectivity index (χ3n) is 2.40. The molecule has 0 unspecified atom stereocenters. The van der Waals surface area contributed by atoms with Gasteiger partial charge in [-0.3, -0.25) is 5.01 Å². The molecule has 0 aliphatic carbocycles. The summed E-state index contributed by atoms with van der Waals surface area (Å²) in [5.74, 6) is 0. The van der Waals surface area contributed by atoms with Crippen molar-refractivity contribution < 1.29 is 0 Å². The molecule has 76 valence electrons. The normalized spacial score (nSPS) is 15.5. The van der Waals surface area contributed by atoms with Crippen molar-refractivity contribution in [1.29, 1.82) is 0 Å². The number of aromatic nitrogens is 1. The number of hydrazine groups is 1. The van der Waals surface area contributed by atoms with Gasteiger partial charge in [-0.25, -0.2) is 4.98 Å². The number of nitrogens with one attached hydrogen (secondary N) is 1. The second-order valence-corrected chi connectivity index (χ2v) is 4.58. The second kappa shape index (κ2) is 3.24. The Balaban J connectivity index is 1.99. The van der Waals surface area contributed by atoms with Crippen molar-refractivity contribution in [3.05, 3.63) is 36.0 Å². The quantitative estimate of drug-likeness (QED) is 0.795. The van der Waals surface area contributed by atoms with Gasteiger partial charge in [0.25, 0.3) is 0 Å². The summed E-state index contributed by atoms with van der Waals surface area (Å²) in [5, 5.41) is 3.10. The van der Waals surface area contributed by atoms with Crippen LogP contribution in [0.15, 0.2) is 36.0 Å². The molecule has 1 aromatic heterocycles. The van der Waals surface area contributed by atoms with Crippen LogP contribution in [0, 0.1) is 0 Å². The summed E-state index contributed by atoms with van der Waals surface area (Å²) in [7, 11) is 0. The Hall–Kier alpha value is -1.55. The highest BCUT2D eigenvalue weighted by Gasteiger charge is 2.14. The molecule has 15 heavy (non-hydrogen) atoms. The summed E-state index contributed by atoms with van der Waals surface area (Å²) >= 11 is 1.72. The van der Waals surface area contributed by atoms with Crippen molar-refractivity contribution in [2.24, 2.45) is 0 Å². The van der Waals surface area contributed by atoms with Crippen LogP contribution >= 0.6 is 11.3 Å². The van der Waals surface area contributed by atoms with Gasteiger partial charge in [-0.05, 0) is 25.1 Å². The molecule has 1 aromatic carbocycles. The van der Waals surface area contributed by atoms with Crippen LogP contribution in [0.4, 0.5) is 5.13 Å². The number of hydrogen-bond donors (Lipinski definition) is 1. The van der Waals surface area contributed by atoms with Crippen molar-refractivity contribution in [1.82, 2.24) is 10.4 Å². The molecular weight excluding hydrogens is 206 g/mol. The monoisotopic (exact) mass is 217 g/mol. The van der Waals surface area contributed by atoms with Crippen molar-refractivity contribution in [3.8, 4) is 0 Å². The fourth-order valence-corrected chi connectivity index (χ4v) is 2.57. The number of thiazole rings is 1. The summed E-state index contributed by atoms with van der Waals surface area (Å²) < 4.78 is 1.24. The van der Waals surface area contributed by atoms with Gasteiger partial charge >= 0.3 is 0 Å². The molecule has 0 amide bonds. The number of para-hydroxylation sites is 1. The number of fused-ring (bicyclic) bond motifs is 1. The molecule has 2 heterocycles. The molecule has 3 rings (SSSR count). The first-order valence-electron chi connectivity index (χ1n) is 4.89. The van der Waals surface area contributed by atoms with E-state index in [0.29, 0.717) is 0 Å². The van der Waals surface area contributed by atoms with Crippen LogP contribution in [0.25, 0.3) is 10.2 Å². The third-order valence-corrected chi connectivity index (χ3v) is 3.46. The highest BCUT2D eigenvalue weighted by Crippen LogP contribution is 2.28. The summed E-state index contributed by atoms with van der Waals surface area (Å²) in [6, 6.07) is 8.22. The Morgan fingerprint density at radius 2 is 2.27 bits per heavy atom. The fraction of sp³-hybridized carbons (Fsp3) is 0.182. The van der Waals surface area contributed by atoms with Gasteiger partial charge in [-0.2, -0.15) is 0 Å². The van der Waals surface area contributed by atoms with Crippen molar-refractivity contribution >= 4 is 26.7 Å². The predicted molar refractivity (Wildman–Crippen MR) is 63.9 cm³/mol. The van der Waals surface area contributed by atoms with Gasteiger partial charge in [0.15, 0.2) is 0 Å². The highest BCUT2D eigenvalue weighted by atomic mass is 32.1. The van der Waals surface area contributed by atoms with E-state index in [1.807, 2.05) is 18.2 Å². The maximum atomic E-state index is 4.58. The highest BCUT2D eigenvalue weighted by molar-refractivity contribution is 7.22. The van der Waals surface area contributed by atoms with E-state index >= 15 is 0 Å². The number of allylic oxidation sites excluding steroid dienone is 1. The maximum absolute atomic E-state index is 4.58. The van der Waals surface area contributed by atoms with Crippen LogP contribution in [0.3, 0.4) is 0 Å². The van der Waals surface area contributed by atoms with Crippen LogP contribution in [0.1, 0.15) is 6.92 Å². The number of hydrogen-bond acceptors (Lipinski definition) is 4. The lowest BCUT2D eigenvalue weighted by Crippen LogP contribution is -2.31. The smallest absolute Gasteiger partial charge is 0.205 e. The van der Waals surface area contributed by atoms with E-state index in [9.17, 15) is 0 Å². The molecule has 0 saturated heterocycles. The molecule has 1 aliphatic heterocycles. The Bertz CT molecular complexity index is 496. The molecule has 0 radical (unpaired) electrons. The Kier molecular flexibility index (Phi) is 1.89. The standard InChI is InChI=1S/C11H11N3S/c1-8-6-7-14(13-8)11-12-9-4-2-3-5-10(9)15-11/h2-6,13H,7H2,1H3. The van der Waals surface area contributed by atoms with E-state index in [1.54, 1.807) is 11.3 Å². The van der Waals surface area contributed by atoms with Gasteiger partial charge in [-0.1, -0.05) is 23.5 Å². The van der Waals surface area contributed by atoms with Crippen LogP contribution < -0.4 is 10.4 Å². The molecule has 0 fully saturated rings. The lowest BCUT2D eigenvalue weighted by Gasteiger charge is -2.15. The predicted octanol–water partition coefficient (Wildman–Crippen LogP) is 2.52. The van der Waals surface area contributed by atoms with Crippen LogP contribution in [0.5, 0.6) is 0 Å². The zero-order valence-corrected chi connectivity index (χ0v) is 9.21. The number of anilines is 1. The molecule has 0 bridgehead atoms. The van der Waals surface area contributed by atoms with Crippen molar-refractivity contribution in [2.75, 3.05) is 11.6 Å². The minimum atomic E-state index is 0.894. The average Bonchev–Trinajstić information content (AvgIpc) is 2.82. The van der Waals surface area contributed by atoms with E-state index in [4.69, 9.17) is 0 Å². The van der Waals surface area contributed by atoms with Crippen LogP contribution in [0.2, 0.25) is 0 Å². The molecule has 4 heteroatoms. The number of rotatable bonds is 1. The first kappa shape index (κ1) is 8.73. The zero-order valence-electron chi connectivity index (χ0n) is 8.40. The molecule has 3 nitrogen and oxygen atoms in total. The minimum absolute atomic E-state index is 0.894. The minimum Gasteiger partial charge on any atom is -0.301 e. The van der Waals surface area contributed by atoms with E-state index < -0.39 is 0 Å². The van der Waals surface area contributed by atoms with Gasteiger partial charge in [-0.15, -0.1) is 0 Å². The summed E-state index contributed by atoms with van der Waals surface area (Å²) in [6.07, 6.45) is 2.16. The zero-order chi connectivity index (χ0) is 10.3. The van der Waals surface area contributed by atoms with E-state index in [-0.39, 0.29) is 0 Å². The maximum Gasteiger partial charge on any atom is 0.205 e. The molecule has 1 N–H and O–H groups in total. The van der Waals surface area contributed by atoms with Crippen molar-refractivity contribution in [2.45, 2.75) is 6.92 Å². The lowest BCUT2D eigenvalue weighted by atomic mass is 10.3. The topological polar surface area (TPSA) is 28.2 Å². The molecule has 2 aromatic rings. The van der Waals surface area contributed by atoms with Gasteiger partial charge in [0.1, 0.15) is 0 Å². The van der Waals surface area contributed by atoms with Gasteiger partial charge < -0.3 is 5.43 Å². The van der Waals surface area contributed by atoms with Crippen molar-refractivity contribution in [3.63, 3.8) is 0 Å². The Labute approximate surface area is 92.0 Å². The molecule has 0 spiro atoms. The van der Waals surface area contributed by atoms with Crippen LogP contribution in [-0.2, 0) is 0 Å². The third kappa shape index (κ3) is 1.47. The van der Waals surface area contributed by atoms with Gasteiger partial charge in [0.05, 0.1) is 16.8 Å². The Morgan fingerprint density at radius 1 is 1.40 bits per heavy atom. The van der Waals surface area contributed by atoms with Gasteiger partial charge in [0.2, 0.25) is 5.13 Å². The second-order valence-electron chi connectivity index (χ2n) is 3.57. The van der Waals surface area contributed by atoms with E-state index in [0.717, 1.165) is 17.2 Å². The summed E-state index contributed by atoms with van der Waals surface area (Å²) in [4.78, 5) is 4.58.